The van der Waals surface area contributed by atoms with E-state index in [1.54, 1.807) is 0 Å². The van der Waals surface area contributed by atoms with Crippen molar-refractivity contribution < 1.29 is 19.1 Å². The van der Waals surface area contributed by atoms with E-state index in [0.717, 1.165) is 6.07 Å². The van der Waals surface area contributed by atoms with Crippen LogP contribution in [0.4, 0.5) is 10.1 Å². The lowest BCUT2D eigenvalue weighted by Crippen LogP contribution is -2.15. The van der Waals surface area contributed by atoms with Crippen molar-refractivity contribution >= 4 is 17.6 Å². The van der Waals surface area contributed by atoms with Crippen LogP contribution in [0.3, 0.4) is 0 Å². The number of carbonyl (C=O) groups is 2. The van der Waals surface area contributed by atoms with E-state index < -0.39 is 17.7 Å². The van der Waals surface area contributed by atoms with E-state index in [0.29, 0.717) is 11.4 Å². The first-order chi connectivity index (χ1) is 9.97. The topological polar surface area (TPSA) is 105 Å². The number of aromatic nitrogens is 1. The number of nitrogens with two attached hydrogens (primary N) is 1. The van der Waals surface area contributed by atoms with Crippen molar-refractivity contribution in [3.05, 3.63) is 59.2 Å². The number of benzene rings is 1. The second-order valence-corrected chi connectivity index (χ2v) is 4.25. The van der Waals surface area contributed by atoms with Gasteiger partial charge < -0.3 is 16.2 Å². The average Bonchev–Trinajstić information content (AvgIpc) is 2.46. The van der Waals surface area contributed by atoms with Crippen LogP contribution < -0.4 is 11.1 Å². The van der Waals surface area contributed by atoms with Crippen molar-refractivity contribution in [3.8, 4) is 0 Å². The number of nitrogens with one attached hydrogen (secondary N) is 1. The molecule has 0 aliphatic heterocycles. The molecule has 0 radical (unpaired) electrons. The summed E-state index contributed by atoms with van der Waals surface area (Å²) in [5.41, 5.74) is 6.12. The zero-order valence-electron chi connectivity index (χ0n) is 10.8. The number of amides is 1. The van der Waals surface area contributed by atoms with Crippen LogP contribution in [0.5, 0.6) is 0 Å². The van der Waals surface area contributed by atoms with Gasteiger partial charge in [-0.15, -0.1) is 0 Å². The summed E-state index contributed by atoms with van der Waals surface area (Å²) in [4.78, 5) is 26.1. The lowest BCUT2D eigenvalue weighted by molar-refractivity contribution is 0.0696. The second-order valence-electron chi connectivity index (χ2n) is 4.25. The molecule has 0 aliphatic rings. The highest BCUT2D eigenvalue weighted by molar-refractivity contribution is 5.98. The molecule has 6 nitrogen and oxygen atoms in total. The van der Waals surface area contributed by atoms with Gasteiger partial charge in [0.1, 0.15) is 5.82 Å². The van der Waals surface area contributed by atoms with Gasteiger partial charge in [-0.1, -0.05) is 0 Å². The standard InChI is InChI=1S/C14H12FN3O3/c15-9-1-2-12(11(6-9)13(16)19)18-7-10-5-8(14(20)21)3-4-17-10/h1-6,18H,7H2,(H2,16,19)(H,20,21). The molecular formula is C14H12FN3O3. The zero-order valence-corrected chi connectivity index (χ0v) is 10.8. The smallest absolute Gasteiger partial charge is 0.335 e. The Morgan fingerprint density at radius 1 is 1.29 bits per heavy atom. The Hall–Kier alpha value is -2.96. The van der Waals surface area contributed by atoms with E-state index in [-0.39, 0.29) is 17.7 Å². The fraction of sp³-hybridized carbons (Fsp3) is 0.0714. The van der Waals surface area contributed by atoms with Crippen molar-refractivity contribution in [2.24, 2.45) is 5.73 Å². The number of carbonyl (C=O) groups excluding carboxylic acids is 1. The molecule has 0 bridgehead atoms. The molecule has 1 amide bonds. The predicted molar refractivity (Wildman–Crippen MR) is 73.4 cm³/mol. The fourth-order valence-electron chi connectivity index (χ4n) is 1.77. The van der Waals surface area contributed by atoms with Crippen molar-refractivity contribution in [1.29, 1.82) is 0 Å². The van der Waals surface area contributed by atoms with Gasteiger partial charge in [0, 0.05) is 11.9 Å². The SMILES string of the molecule is NC(=O)c1cc(F)ccc1NCc1cc(C(=O)O)ccn1. The van der Waals surface area contributed by atoms with Gasteiger partial charge in [-0.25, -0.2) is 9.18 Å². The number of anilines is 1. The Morgan fingerprint density at radius 2 is 2.05 bits per heavy atom. The number of aromatic carboxylic acids is 1. The van der Waals surface area contributed by atoms with Crippen LogP contribution in [0.25, 0.3) is 0 Å². The van der Waals surface area contributed by atoms with Crippen molar-refractivity contribution in [3.63, 3.8) is 0 Å². The first-order valence-corrected chi connectivity index (χ1v) is 5.99. The Kier molecular flexibility index (Phi) is 4.13. The summed E-state index contributed by atoms with van der Waals surface area (Å²) < 4.78 is 13.1. The van der Waals surface area contributed by atoms with E-state index in [9.17, 15) is 14.0 Å². The van der Waals surface area contributed by atoms with Crippen LogP contribution in [0.1, 0.15) is 26.4 Å². The Morgan fingerprint density at radius 3 is 2.71 bits per heavy atom. The molecule has 0 fully saturated rings. The van der Waals surface area contributed by atoms with Crippen LogP contribution in [0, 0.1) is 5.82 Å². The minimum absolute atomic E-state index is 0.0180. The Labute approximate surface area is 119 Å². The maximum absolute atomic E-state index is 13.1. The minimum Gasteiger partial charge on any atom is -0.478 e. The van der Waals surface area contributed by atoms with Crippen molar-refractivity contribution in [2.75, 3.05) is 5.32 Å². The molecule has 0 unspecified atom stereocenters. The van der Waals surface area contributed by atoms with Crippen LogP contribution >= 0.6 is 0 Å². The summed E-state index contributed by atoms with van der Waals surface area (Å²) in [6, 6.07) is 6.39. The molecule has 1 aromatic heterocycles. The van der Waals surface area contributed by atoms with Gasteiger partial charge in [0.05, 0.1) is 23.4 Å². The molecule has 7 heteroatoms. The molecule has 0 spiro atoms. The van der Waals surface area contributed by atoms with E-state index in [1.807, 2.05) is 0 Å². The van der Waals surface area contributed by atoms with Crippen LogP contribution in [-0.2, 0) is 6.54 Å². The third-order valence-electron chi connectivity index (χ3n) is 2.77. The van der Waals surface area contributed by atoms with E-state index >= 15 is 0 Å². The molecule has 0 saturated carbocycles. The van der Waals surface area contributed by atoms with E-state index in [4.69, 9.17) is 10.8 Å². The number of nitrogens with zero attached hydrogens (tertiary/aromatic N) is 1. The number of carboxylic acid groups (broad SMARTS) is 1. The number of hydrogen-bond acceptors (Lipinski definition) is 4. The van der Waals surface area contributed by atoms with Gasteiger partial charge in [-0.2, -0.15) is 0 Å². The molecule has 21 heavy (non-hydrogen) atoms. The average molecular weight is 289 g/mol. The second kappa shape index (κ2) is 6.00. The normalized spacial score (nSPS) is 10.1. The molecule has 4 N–H and O–H groups in total. The Balaban J connectivity index is 2.18. The van der Waals surface area contributed by atoms with Gasteiger partial charge in [0.2, 0.25) is 0 Å². The fourth-order valence-corrected chi connectivity index (χ4v) is 1.77. The molecule has 0 atom stereocenters. The van der Waals surface area contributed by atoms with Gasteiger partial charge in [0.15, 0.2) is 0 Å². The number of pyridine rings is 1. The van der Waals surface area contributed by atoms with E-state index in [2.05, 4.69) is 10.3 Å². The maximum atomic E-state index is 13.1. The number of carboxylic acids is 1. The molecule has 2 aromatic rings. The highest BCUT2D eigenvalue weighted by atomic mass is 19.1. The molecule has 108 valence electrons. The summed E-state index contributed by atoms with van der Waals surface area (Å²) in [6.45, 7) is 0.174. The maximum Gasteiger partial charge on any atom is 0.335 e. The van der Waals surface area contributed by atoms with Gasteiger partial charge >= 0.3 is 5.97 Å². The highest BCUT2D eigenvalue weighted by Crippen LogP contribution is 2.17. The summed E-state index contributed by atoms with van der Waals surface area (Å²) in [7, 11) is 0. The summed E-state index contributed by atoms with van der Waals surface area (Å²) in [5.74, 6) is -2.39. The third-order valence-corrected chi connectivity index (χ3v) is 2.77. The van der Waals surface area contributed by atoms with Gasteiger partial charge in [-0.05, 0) is 30.3 Å². The largest absolute Gasteiger partial charge is 0.478 e. The van der Waals surface area contributed by atoms with Crippen LogP contribution in [0.15, 0.2) is 36.5 Å². The molecule has 1 aromatic carbocycles. The molecular weight excluding hydrogens is 277 g/mol. The molecule has 0 aliphatic carbocycles. The summed E-state index contributed by atoms with van der Waals surface area (Å²) in [5, 5.41) is 11.8. The van der Waals surface area contributed by atoms with Crippen molar-refractivity contribution in [2.45, 2.75) is 6.54 Å². The number of hydrogen-bond donors (Lipinski definition) is 3. The first-order valence-electron chi connectivity index (χ1n) is 5.99. The molecule has 1 heterocycles. The highest BCUT2D eigenvalue weighted by Gasteiger charge is 2.10. The molecule has 0 saturated heterocycles. The monoisotopic (exact) mass is 289 g/mol. The third kappa shape index (κ3) is 3.53. The summed E-state index contributed by atoms with van der Waals surface area (Å²) >= 11 is 0. The van der Waals surface area contributed by atoms with Crippen LogP contribution in [0.2, 0.25) is 0 Å². The number of rotatable bonds is 5. The number of primary amides is 1. The van der Waals surface area contributed by atoms with Gasteiger partial charge in [0.25, 0.3) is 5.91 Å². The lowest BCUT2D eigenvalue weighted by Gasteiger charge is -2.10. The number of halogens is 1. The quantitative estimate of drug-likeness (QED) is 0.775. The van der Waals surface area contributed by atoms with E-state index in [1.165, 1.54) is 30.5 Å². The lowest BCUT2D eigenvalue weighted by atomic mass is 10.1. The summed E-state index contributed by atoms with van der Waals surface area (Å²) in [6.07, 6.45) is 1.38. The minimum atomic E-state index is -1.06. The van der Waals surface area contributed by atoms with Gasteiger partial charge in [-0.3, -0.25) is 9.78 Å². The molecule has 2 rings (SSSR count). The first kappa shape index (κ1) is 14.4. The van der Waals surface area contributed by atoms with Crippen molar-refractivity contribution in [1.82, 2.24) is 4.98 Å². The van der Waals surface area contributed by atoms with Crippen LogP contribution in [-0.4, -0.2) is 22.0 Å². The predicted octanol–water partition coefficient (Wildman–Crippen LogP) is 1.63. The Bertz CT molecular complexity index is 704. The zero-order chi connectivity index (χ0) is 15.4.